The van der Waals surface area contributed by atoms with Gasteiger partial charge >= 0.3 is 5.97 Å². The minimum absolute atomic E-state index is 0.0465. The number of imidazole rings is 1. The molecule has 0 amide bonds. The predicted octanol–water partition coefficient (Wildman–Crippen LogP) is 1.66. The minimum Gasteiger partial charge on any atom is -0.481 e. The van der Waals surface area contributed by atoms with Crippen LogP contribution >= 0.6 is 11.8 Å². The van der Waals surface area contributed by atoms with E-state index in [9.17, 15) is 4.79 Å². The molecule has 1 saturated heterocycles. The number of hydrogen-bond acceptors (Lipinski definition) is 4. The average molecular weight is 256 g/mol. The fourth-order valence-corrected chi connectivity index (χ4v) is 2.77. The second-order valence-electron chi connectivity index (χ2n) is 4.16. The molecule has 5 nitrogen and oxygen atoms in total. The van der Waals surface area contributed by atoms with Crippen molar-refractivity contribution in [1.82, 2.24) is 9.55 Å². The number of aliphatic carboxylic acids is 1. The highest BCUT2D eigenvalue weighted by molar-refractivity contribution is 7.99. The quantitative estimate of drug-likeness (QED) is 0.812. The fourth-order valence-electron chi connectivity index (χ4n) is 2.01. The molecule has 6 heteroatoms. The molecule has 0 spiro atoms. The lowest BCUT2D eigenvalue weighted by atomic mass is 10.0. The smallest absolute Gasteiger partial charge is 0.313 e. The fraction of sp³-hybridized carbons (Fsp3) is 0.636. The summed E-state index contributed by atoms with van der Waals surface area (Å²) in [5.74, 6) is -0.278. The molecule has 1 aliphatic heterocycles. The van der Waals surface area contributed by atoms with Crippen LogP contribution in [0.5, 0.6) is 0 Å². The molecule has 94 valence electrons. The molecule has 0 bridgehead atoms. The summed E-state index contributed by atoms with van der Waals surface area (Å²) in [6.45, 7) is 3.73. The van der Waals surface area contributed by atoms with Gasteiger partial charge < -0.3 is 14.4 Å². The monoisotopic (exact) mass is 256 g/mol. The second kappa shape index (κ2) is 5.55. The van der Waals surface area contributed by atoms with Gasteiger partial charge in [0.25, 0.3) is 0 Å². The second-order valence-corrected chi connectivity index (χ2v) is 5.11. The first kappa shape index (κ1) is 12.4. The number of thioether (sulfide) groups is 1. The van der Waals surface area contributed by atoms with E-state index in [-0.39, 0.29) is 5.75 Å². The van der Waals surface area contributed by atoms with Gasteiger partial charge in [0.05, 0.1) is 12.4 Å². The molecular weight excluding hydrogens is 240 g/mol. The third-order valence-corrected chi connectivity index (χ3v) is 4.01. The lowest BCUT2D eigenvalue weighted by Gasteiger charge is -2.20. The van der Waals surface area contributed by atoms with E-state index >= 15 is 0 Å². The van der Waals surface area contributed by atoms with Crippen LogP contribution in [-0.4, -0.2) is 39.6 Å². The first-order chi connectivity index (χ1) is 8.18. The van der Waals surface area contributed by atoms with Crippen LogP contribution < -0.4 is 0 Å². The Balaban J connectivity index is 2.04. The molecule has 0 aromatic carbocycles. The molecule has 2 rings (SSSR count). The maximum absolute atomic E-state index is 10.6. The molecule has 17 heavy (non-hydrogen) atoms. The van der Waals surface area contributed by atoms with Crippen LogP contribution in [0.1, 0.15) is 19.4 Å². The standard InChI is InChI=1S/C11H16N2O3S/c1-8(9-2-5-16-6-9)13-4-3-12-11(13)17-7-10(14)15/h3-4,8-9H,2,5-7H2,1H3,(H,14,15). The van der Waals surface area contributed by atoms with Crippen molar-refractivity contribution in [3.05, 3.63) is 12.4 Å². The number of carbonyl (C=O) groups is 1. The van der Waals surface area contributed by atoms with Crippen LogP contribution in [-0.2, 0) is 9.53 Å². The normalized spacial score (nSPS) is 21.6. The highest BCUT2D eigenvalue weighted by atomic mass is 32.2. The molecule has 2 unspecified atom stereocenters. The van der Waals surface area contributed by atoms with Crippen LogP contribution in [0.4, 0.5) is 0 Å². The topological polar surface area (TPSA) is 64.4 Å². The highest BCUT2D eigenvalue weighted by Gasteiger charge is 2.25. The molecule has 1 N–H and O–H groups in total. The van der Waals surface area contributed by atoms with Crippen molar-refractivity contribution in [2.45, 2.75) is 24.5 Å². The van der Waals surface area contributed by atoms with Gasteiger partial charge in [-0.1, -0.05) is 11.8 Å². The summed E-state index contributed by atoms with van der Waals surface area (Å²) in [6.07, 6.45) is 4.69. The van der Waals surface area contributed by atoms with Crippen LogP contribution in [0, 0.1) is 5.92 Å². The zero-order chi connectivity index (χ0) is 12.3. The SMILES string of the molecule is CC(C1CCOC1)n1ccnc1SCC(=O)O. The summed E-state index contributed by atoms with van der Waals surface area (Å²) < 4.78 is 7.43. The molecular formula is C11H16N2O3S. The Labute approximate surface area is 104 Å². The van der Waals surface area contributed by atoms with Crippen molar-refractivity contribution < 1.29 is 14.6 Å². The zero-order valence-electron chi connectivity index (χ0n) is 9.70. The number of aromatic nitrogens is 2. The first-order valence-electron chi connectivity index (χ1n) is 5.63. The van der Waals surface area contributed by atoms with E-state index in [0.717, 1.165) is 24.8 Å². The summed E-state index contributed by atoms with van der Waals surface area (Å²) >= 11 is 1.26. The van der Waals surface area contributed by atoms with Gasteiger partial charge in [-0.2, -0.15) is 0 Å². The molecule has 0 saturated carbocycles. The van der Waals surface area contributed by atoms with E-state index in [1.807, 2.05) is 10.8 Å². The Kier molecular flexibility index (Phi) is 4.06. The summed E-state index contributed by atoms with van der Waals surface area (Å²) in [4.78, 5) is 14.8. The van der Waals surface area contributed by atoms with Gasteiger partial charge in [0.1, 0.15) is 0 Å². The Morgan fingerprint density at radius 2 is 2.65 bits per heavy atom. The Morgan fingerprint density at radius 3 is 3.29 bits per heavy atom. The molecule has 1 fully saturated rings. The van der Waals surface area contributed by atoms with Gasteiger partial charge in [-0.3, -0.25) is 4.79 Å². The van der Waals surface area contributed by atoms with Gasteiger partial charge in [0.15, 0.2) is 5.16 Å². The number of rotatable bonds is 5. The van der Waals surface area contributed by atoms with E-state index in [1.54, 1.807) is 6.20 Å². The molecule has 0 aliphatic carbocycles. The zero-order valence-corrected chi connectivity index (χ0v) is 10.5. The third-order valence-electron chi connectivity index (χ3n) is 3.04. The van der Waals surface area contributed by atoms with Crippen molar-refractivity contribution in [3.8, 4) is 0 Å². The number of nitrogens with zero attached hydrogens (tertiary/aromatic N) is 2. The average Bonchev–Trinajstić information content (AvgIpc) is 2.96. The van der Waals surface area contributed by atoms with E-state index in [2.05, 4.69) is 11.9 Å². The summed E-state index contributed by atoms with van der Waals surface area (Å²) in [5, 5.41) is 9.45. The van der Waals surface area contributed by atoms with E-state index in [0.29, 0.717) is 12.0 Å². The summed E-state index contributed by atoms with van der Waals surface area (Å²) in [5.41, 5.74) is 0. The van der Waals surface area contributed by atoms with E-state index in [4.69, 9.17) is 9.84 Å². The molecule has 1 aromatic rings. The maximum atomic E-state index is 10.6. The lowest BCUT2D eigenvalue weighted by Crippen LogP contribution is -2.17. The van der Waals surface area contributed by atoms with Crippen molar-refractivity contribution in [2.75, 3.05) is 19.0 Å². The van der Waals surface area contributed by atoms with Gasteiger partial charge in [-0.25, -0.2) is 4.98 Å². The molecule has 2 atom stereocenters. The van der Waals surface area contributed by atoms with Crippen LogP contribution in [0.15, 0.2) is 17.6 Å². The minimum atomic E-state index is -0.818. The largest absolute Gasteiger partial charge is 0.481 e. The summed E-state index contributed by atoms with van der Waals surface area (Å²) in [6, 6.07) is 0.302. The van der Waals surface area contributed by atoms with Crippen LogP contribution in [0.25, 0.3) is 0 Å². The van der Waals surface area contributed by atoms with Crippen molar-refractivity contribution in [2.24, 2.45) is 5.92 Å². The maximum Gasteiger partial charge on any atom is 0.313 e. The predicted molar refractivity (Wildman–Crippen MR) is 64.2 cm³/mol. The highest BCUT2D eigenvalue weighted by Crippen LogP contribution is 2.29. The van der Waals surface area contributed by atoms with E-state index < -0.39 is 5.97 Å². The number of carboxylic acid groups (broad SMARTS) is 1. The third kappa shape index (κ3) is 3.01. The number of hydrogen-bond donors (Lipinski definition) is 1. The van der Waals surface area contributed by atoms with Crippen molar-refractivity contribution >= 4 is 17.7 Å². The van der Waals surface area contributed by atoms with Crippen molar-refractivity contribution in [1.29, 1.82) is 0 Å². The number of ether oxygens (including phenoxy) is 1. The molecule has 0 radical (unpaired) electrons. The molecule has 1 aromatic heterocycles. The van der Waals surface area contributed by atoms with E-state index in [1.165, 1.54) is 11.8 Å². The lowest BCUT2D eigenvalue weighted by molar-refractivity contribution is -0.133. The first-order valence-corrected chi connectivity index (χ1v) is 6.62. The van der Waals surface area contributed by atoms with Gasteiger partial charge in [-0.15, -0.1) is 0 Å². The van der Waals surface area contributed by atoms with Gasteiger partial charge in [0, 0.05) is 31.0 Å². The number of carboxylic acids is 1. The van der Waals surface area contributed by atoms with Crippen molar-refractivity contribution in [3.63, 3.8) is 0 Å². The van der Waals surface area contributed by atoms with Gasteiger partial charge in [0.2, 0.25) is 0 Å². The van der Waals surface area contributed by atoms with Crippen LogP contribution in [0.2, 0.25) is 0 Å². The Morgan fingerprint density at radius 1 is 1.82 bits per heavy atom. The Hall–Kier alpha value is -1.01. The molecule has 2 heterocycles. The Bertz CT molecular complexity index is 388. The van der Waals surface area contributed by atoms with Crippen LogP contribution in [0.3, 0.4) is 0 Å². The molecule has 1 aliphatic rings. The van der Waals surface area contributed by atoms with Gasteiger partial charge in [-0.05, 0) is 13.3 Å². The summed E-state index contributed by atoms with van der Waals surface area (Å²) in [7, 11) is 0.